The number of amides is 1. The molecule has 0 aliphatic heterocycles. The van der Waals surface area contributed by atoms with Crippen molar-refractivity contribution in [3.05, 3.63) is 27.3 Å². The Kier molecular flexibility index (Phi) is 5.65. The van der Waals surface area contributed by atoms with Crippen LogP contribution in [0.15, 0.2) is 12.1 Å². The maximum atomic E-state index is 11.4. The molecule has 0 fully saturated rings. The van der Waals surface area contributed by atoms with E-state index < -0.39 is 22.5 Å². The molecule has 0 bridgehead atoms. The van der Waals surface area contributed by atoms with Crippen LogP contribution < -0.4 is 5.32 Å². The van der Waals surface area contributed by atoms with Crippen molar-refractivity contribution in [2.45, 2.75) is 6.42 Å². The fourth-order valence-electron chi connectivity index (χ4n) is 1.17. The summed E-state index contributed by atoms with van der Waals surface area (Å²) in [5, 5.41) is 22.1. The molecule has 19 heavy (non-hydrogen) atoms. The fourth-order valence-corrected chi connectivity index (χ4v) is 1.44. The SMILES string of the molecule is O=C(Nc1cc(Cl)c(O)cc1[N+](=O)[O-])OCCCCl. The summed E-state index contributed by atoms with van der Waals surface area (Å²) in [6.07, 6.45) is -0.400. The molecule has 0 heterocycles. The fraction of sp³-hybridized carbons (Fsp3) is 0.300. The third-order valence-electron chi connectivity index (χ3n) is 2.01. The Morgan fingerprint density at radius 2 is 2.21 bits per heavy atom. The minimum Gasteiger partial charge on any atom is -0.506 e. The maximum Gasteiger partial charge on any atom is 0.411 e. The van der Waals surface area contributed by atoms with Crippen LogP contribution in [0.25, 0.3) is 0 Å². The molecule has 0 spiro atoms. The zero-order chi connectivity index (χ0) is 14.4. The van der Waals surface area contributed by atoms with E-state index in [1.807, 2.05) is 0 Å². The number of nitrogens with one attached hydrogen (secondary N) is 1. The Morgan fingerprint density at radius 1 is 1.53 bits per heavy atom. The second-order valence-corrected chi connectivity index (χ2v) is 4.17. The number of nitrogens with zero attached hydrogens (tertiary/aromatic N) is 1. The first-order chi connectivity index (χ1) is 8.95. The first kappa shape index (κ1) is 15.3. The van der Waals surface area contributed by atoms with Gasteiger partial charge in [-0.2, -0.15) is 0 Å². The van der Waals surface area contributed by atoms with E-state index in [-0.39, 0.29) is 17.3 Å². The van der Waals surface area contributed by atoms with Gasteiger partial charge in [-0.05, 0) is 12.5 Å². The smallest absolute Gasteiger partial charge is 0.411 e. The molecule has 1 aromatic carbocycles. The Hall–Kier alpha value is -1.73. The number of halogens is 2. The van der Waals surface area contributed by atoms with E-state index in [2.05, 4.69) is 5.32 Å². The Labute approximate surface area is 118 Å². The molecule has 0 radical (unpaired) electrons. The molecule has 0 aliphatic carbocycles. The summed E-state index contributed by atoms with van der Waals surface area (Å²) in [7, 11) is 0. The molecule has 1 rings (SSSR count). The van der Waals surface area contributed by atoms with Crippen molar-refractivity contribution >= 4 is 40.7 Å². The van der Waals surface area contributed by atoms with Gasteiger partial charge in [0.15, 0.2) is 0 Å². The second-order valence-electron chi connectivity index (χ2n) is 3.38. The summed E-state index contributed by atoms with van der Waals surface area (Å²) in [5.74, 6) is -0.118. The van der Waals surface area contributed by atoms with Gasteiger partial charge in [0.2, 0.25) is 0 Å². The van der Waals surface area contributed by atoms with E-state index in [9.17, 15) is 20.0 Å². The number of ether oxygens (including phenoxy) is 1. The molecule has 104 valence electrons. The highest BCUT2D eigenvalue weighted by atomic mass is 35.5. The average molecular weight is 309 g/mol. The van der Waals surface area contributed by atoms with E-state index in [0.717, 1.165) is 12.1 Å². The van der Waals surface area contributed by atoms with Gasteiger partial charge in [0, 0.05) is 5.88 Å². The molecule has 0 unspecified atom stereocenters. The number of hydrogen-bond donors (Lipinski definition) is 2. The number of anilines is 1. The van der Waals surface area contributed by atoms with E-state index in [4.69, 9.17) is 27.9 Å². The number of phenolic OH excluding ortho intramolecular Hbond substituents is 1. The van der Waals surface area contributed by atoms with E-state index in [0.29, 0.717) is 12.3 Å². The highest BCUT2D eigenvalue weighted by molar-refractivity contribution is 6.32. The Balaban J connectivity index is 2.84. The van der Waals surface area contributed by atoms with Crippen LogP contribution in [0.3, 0.4) is 0 Å². The van der Waals surface area contributed by atoms with Crippen LogP contribution >= 0.6 is 23.2 Å². The second kappa shape index (κ2) is 7.01. The quantitative estimate of drug-likeness (QED) is 0.286. The molecule has 0 saturated heterocycles. The van der Waals surface area contributed by atoms with Gasteiger partial charge in [0.1, 0.15) is 11.4 Å². The standard InChI is InChI=1S/C10H10Cl2N2O5/c11-2-1-3-19-10(16)13-7-4-6(12)9(15)5-8(7)14(17)18/h4-5,15H,1-3H2,(H,13,16). The lowest BCUT2D eigenvalue weighted by Crippen LogP contribution is -2.15. The number of alkyl halides is 1. The number of benzene rings is 1. The van der Waals surface area contributed by atoms with E-state index in [1.165, 1.54) is 0 Å². The Morgan fingerprint density at radius 3 is 2.79 bits per heavy atom. The van der Waals surface area contributed by atoms with Crippen molar-refractivity contribution in [3.8, 4) is 5.75 Å². The van der Waals surface area contributed by atoms with Gasteiger partial charge in [-0.3, -0.25) is 15.4 Å². The van der Waals surface area contributed by atoms with Crippen LogP contribution in [0, 0.1) is 10.1 Å². The van der Waals surface area contributed by atoms with E-state index in [1.54, 1.807) is 0 Å². The molecule has 0 aromatic heterocycles. The van der Waals surface area contributed by atoms with E-state index >= 15 is 0 Å². The lowest BCUT2D eigenvalue weighted by Gasteiger charge is -2.08. The molecule has 1 aromatic rings. The number of carbonyl (C=O) groups is 1. The third-order valence-corrected chi connectivity index (χ3v) is 2.58. The molecule has 0 saturated carbocycles. The Bertz CT molecular complexity index is 495. The van der Waals surface area contributed by atoms with Gasteiger partial charge in [-0.15, -0.1) is 11.6 Å². The summed E-state index contributed by atoms with van der Waals surface area (Å²) in [6.45, 7) is 0.0922. The molecule has 2 N–H and O–H groups in total. The monoisotopic (exact) mass is 308 g/mol. The highest BCUT2D eigenvalue weighted by Gasteiger charge is 2.19. The zero-order valence-electron chi connectivity index (χ0n) is 9.56. The lowest BCUT2D eigenvalue weighted by atomic mass is 10.2. The van der Waals surface area contributed by atoms with Crippen LogP contribution in [0.4, 0.5) is 16.2 Å². The summed E-state index contributed by atoms with van der Waals surface area (Å²) < 4.78 is 4.73. The minimum atomic E-state index is -0.866. The molecule has 9 heteroatoms. The first-order valence-electron chi connectivity index (χ1n) is 5.12. The van der Waals surface area contributed by atoms with Crippen molar-refractivity contribution in [3.63, 3.8) is 0 Å². The molecular formula is C10H10Cl2N2O5. The van der Waals surface area contributed by atoms with Crippen molar-refractivity contribution in [1.82, 2.24) is 0 Å². The van der Waals surface area contributed by atoms with Crippen LogP contribution in [0.2, 0.25) is 5.02 Å². The van der Waals surface area contributed by atoms with Gasteiger partial charge in [0.05, 0.1) is 22.6 Å². The number of rotatable bonds is 5. The van der Waals surface area contributed by atoms with Crippen LogP contribution in [0.5, 0.6) is 5.75 Å². The number of hydrogen-bond acceptors (Lipinski definition) is 5. The van der Waals surface area contributed by atoms with Crippen LogP contribution in [-0.2, 0) is 4.74 Å². The molecule has 0 aliphatic rings. The number of aromatic hydroxyl groups is 1. The zero-order valence-corrected chi connectivity index (χ0v) is 11.1. The van der Waals surface area contributed by atoms with Crippen molar-refractivity contribution in [2.75, 3.05) is 17.8 Å². The van der Waals surface area contributed by atoms with Crippen molar-refractivity contribution in [2.24, 2.45) is 0 Å². The van der Waals surface area contributed by atoms with Gasteiger partial charge >= 0.3 is 6.09 Å². The molecule has 0 atom stereocenters. The average Bonchev–Trinajstić information content (AvgIpc) is 2.33. The van der Waals surface area contributed by atoms with Gasteiger partial charge in [-0.1, -0.05) is 11.6 Å². The first-order valence-corrected chi connectivity index (χ1v) is 6.03. The summed E-state index contributed by atoms with van der Waals surface area (Å²) in [6, 6.07) is 1.91. The number of carbonyl (C=O) groups excluding carboxylic acids is 1. The molecule has 1 amide bonds. The normalized spacial score (nSPS) is 10.0. The van der Waals surface area contributed by atoms with Gasteiger partial charge < -0.3 is 9.84 Å². The topological polar surface area (TPSA) is 102 Å². The van der Waals surface area contributed by atoms with Crippen LogP contribution in [0.1, 0.15) is 6.42 Å². The molecule has 7 nitrogen and oxygen atoms in total. The van der Waals surface area contributed by atoms with Gasteiger partial charge in [-0.25, -0.2) is 4.79 Å². The maximum absolute atomic E-state index is 11.4. The number of nitro groups is 1. The summed E-state index contributed by atoms with van der Waals surface area (Å²) in [5.41, 5.74) is -0.653. The predicted octanol–water partition coefficient (Wildman–Crippen LogP) is 3.13. The minimum absolute atomic E-state index is 0.0922. The summed E-state index contributed by atoms with van der Waals surface area (Å²) >= 11 is 11.0. The third kappa shape index (κ3) is 4.46. The number of phenols is 1. The lowest BCUT2D eigenvalue weighted by molar-refractivity contribution is -0.384. The van der Waals surface area contributed by atoms with Gasteiger partial charge in [0.25, 0.3) is 5.69 Å². The van der Waals surface area contributed by atoms with Crippen molar-refractivity contribution in [1.29, 1.82) is 0 Å². The number of nitro benzene ring substituents is 1. The van der Waals surface area contributed by atoms with Crippen LogP contribution in [-0.4, -0.2) is 28.6 Å². The molecular weight excluding hydrogens is 299 g/mol. The highest BCUT2D eigenvalue weighted by Crippen LogP contribution is 2.34. The van der Waals surface area contributed by atoms with Crippen molar-refractivity contribution < 1.29 is 19.6 Å². The largest absolute Gasteiger partial charge is 0.506 e. The predicted molar refractivity (Wildman–Crippen MR) is 70.1 cm³/mol. The summed E-state index contributed by atoms with van der Waals surface area (Å²) in [4.78, 5) is 21.4.